The van der Waals surface area contributed by atoms with Gasteiger partial charge in [-0.3, -0.25) is 4.79 Å². The van der Waals surface area contributed by atoms with E-state index in [0.717, 1.165) is 67.4 Å². The van der Waals surface area contributed by atoms with Crippen molar-refractivity contribution >= 4 is 5.97 Å². The molecular formula is C31H36N4O2. The SMILES string of the molecule is CCc1c(CCN2CCCC(C(=O)O)C2)cccc1-c1cnc(-c2ccc(CC(C)C)c(C#N)c2)nc1. The topological polar surface area (TPSA) is 90.1 Å². The quantitative estimate of drug-likeness (QED) is 0.404. The maximum Gasteiger partial charge on any atom is 0.307 e. The van der Waals surface area contributed by atoms with Crippen LogP contribution in [-0.2, 0) is 24.1 Å². The van der Waals surface area contributed by atoms with Gasteiger partial charge in [-0.1, -0.05) is 51.1 Å². The fourth-order valence-electron chi connectivity index (χ4n) is 5.35. The maximum atomic E-state index is 11.4. The van der Waals surface area contributed by atoms with Crippen molar-refractivity contribution in [1.29, 1.82) is 5.26 Å². The first kappa shape index (κ1) is 26.5. The molecule has 0 aliphatic carbocycles. The monoisotopic (exact) mass is 496 g/mol. The number of likely N-dealkylation sites (tertiary alicyclic amines) is 1. The highest BCUT2D eigenvalue weighted by Gasteiger charge is 2.25. The maximum absolute atomic E-state index is 11.4. The summed E-state index contributed by atoms with van der Waals surface area (Å²) < 4.78 is 0. The Kier molecular flexibility index (Phi) is 8.68. The first-order valence-corrected chi connectivity index (χ1v) is 13.3. The second-order valence-corrected chi connectivity index (χ2v) is 10.4. The molecule has 2 heterocycles. The van der Waals surface area contributed by atoms with Crippen molar-refractivity contribution in [3.63, 3.8) is 0 Å². The molecule has 1 unspecified atom stereocenters. The molecule has 0 bridgehead atoms. The lowest BCUT2D eigenvalue weighted by Gasteiger charge is -2.30. The van der Waals surface area contributed by atoms with Gasteiger partial charge >= 0.3 is 5.97 Å². The molecule has 0 amide bonds. The van der Waals surface area contributed by atoms with Gasteiger partial charge in [0.05, 0.1) is 17.6 Å². The second-order valence-electron chi connectivity index (χ2n) is 10.4. The minimum atomic E-state index is -0.681. The number of carboxylic acid groups (broad SMARTS) is 1. The van der Waals surface area contributed by atoms with Crippen LogP contribution in [-0.4, -0.2) is 45.6 Å². The van der Waals surface area contributed by atoms with Crippen LogP contribution >= 0.6 is 0 Å². The summed E-state index contributed by atoms with van der Waals surface area (Å²) in [5.74, 6) is 0.166. The number of nitriles is 1. The van der Waals surface area contributed by atoms with Crippen molar-refractivity contribution < 1.29 is 9.90 Å². The molecule has 192 valence electrons. The largest absolute Gasteiger partial charge is 0.481 e. The third kappa shape index (κ3) is 6.42. The number of hydrogen-bond donors (Lipinski definition) is 1. The highest BCUT2D eigenvalue weighted by Crippen LogP contribution is 2.29. The number of carboxylic acids is 1. The molecule has 3 aromatic rings. The lowest BCUT2D eigenvalue weighted by atomic mass is 9.92. The van der Waals surface area contributed by atoms with Crippen LogP contribution in [0.5, 0.6) is 0 Å². The molecule has 1 saturated heterocycles. The van der Waals surface area contributed by atoms with Gasteiger partial charge in [-0.2, -0.15) is 5.26 Å². The Labute approximate surface area is 220 Å². The first-order chi connectivity index (χ1) is 17.9. The summed E-state index contributed by atoms with van der Waals surface area (Å²) in [4.78, 5) is 23.0. The Bertz CT molecular complexity index is 1280. The van der Waals surface area contributed by atoms with Crippen LogP contribution in [0.15, 0.2) is 48.8 Å². The van der Waals surface area contributed by atoms with E-state index in [0.29, 0.717) is 23.9 Å². The number of nitrogens with zero attached hydrogens (tertiary/aromatic N) is 4. The number of aromatic nitrogens is 2. The lowest BCUT2D eigenvalue weighted by molar-refractivity contribution is -0.143. The van der Waals surface area contributed by atoms with E-state index < -0.39 is 5.97 Å². The van der Waals surface area contributed by atoms with Gasteiger partial charge in [0.2, 0.25) is 0 Å². The fourth-order valence-corrected chi connectivity index (χ4v) is 5.35. The van der Waals surface area contributed by atoms with E-state index in [4.69, 9.17) is 0 Å². The van der Waals surface area contributed by atoms with Gasteiger partial charge in [-0.25, -0.2) is 9.97 Å². The highest BCUT2D eigenvalue weighted by atomic mass is 16.4. The molecule has 1 aromatic heterocycles. The molecule has 1 N–H and O–H groups in total. The third-order valence-electron chi connectivity index (χ3n) is 7.26. The Balaban J connectivity index is 1.52. The number of rotatable bonds is 9. The van der Waals surface area contributed by atoms with Gasteiger partial charge in [0.1, 0.15) is 0 Å². The molecule has 2 aromatic carbocycles. The molecule has 0 saturated carbocycles. The Hall–Kier alpha value is -3.56. The van der Waals surface area contributed by atoms with Crippen LogP contribution in [0.25, 0.3) is 22.5 Å². The average molecular weight is 497 g/mol. The van der Waals surface area contributed by atoms with Gasteiger partial charge in [-0.15, -0.1) is 0 Å². The average Bonchev–Trinajstić information content (AvgIpc) is 2.91. The molecule has 0 radical (unpaired) electrons. The van der Waals surface area contributed by atoms with Crippen molar-refractivity contribution in [3.05, 3.63) is 71.0 Å². The minimum Gasteiger partial charge on any atom is -0.481 e. The van der Waals surface area contributed by atoms with Crippen LogP contribution in [0.1, 0.15) is 55.9 Å². The number of hydrogen-bond acceptors (Lipinski definition) is 5. The van der Waals surface area contributed by atoms with E-state index in [1.807, 2.05) is 30.6 Å². The summed E-state index contributed by atoms with van der Waals surface area (Å²) in [6, 6.07) is 14.6. The zero-order chi connectivity index (χ0) is 26.4. The van der Waals surface area contributed by atoms with Crippen molar-refractivity contribution in [2.75, 3.05) is 19.6 Å². The molecule has 1 aliphatic heterocycles. The standard InChI is InChI=1S/C31H36N4O2/c1-4-28-22(12-14-35-13-6-8-25(20-35)31(36)37)7-5-9-29(28)27-18-33-30(34-19-27)24-11-10-23(15-21(2)3)26(16-24)17-32/h5,7,9-11,16,18-19,21,25H,4,6,8,12-15,20H2,1-3H3,(H,36,37). The van der Waals surface area contributed by atoms with Gasteiger partial charge < -0.3 is 10.0 Å². The zero-order valence-corrected chi connectivity index (χ0v) is 22.1. The predicted molar refractivity (Wildman–Crippen MR) is 146 cm³/mol. The van der Waals surface area contributed by atoms with Crippen molar-refractivity contribution in [2.24, 2.45) is 11.8 Å². The van der Waals surface area contributed by atoms with E-state index in [-0.39, 0.29) is 5.92 Å². The summed E-state index contributed by atoms with van der Waals surface area (Å²) in [6.45, 7) is 8.94. The molecule has 1 fully saturated rings. The minimum absolute atomic E-state index is 0.253. The van der Waals surface area contributed by atoms with Gasteiger partial charge in [-0.05, 0) is 72.9 Å². The van der Waals surface area contributed by atoms with Gasteiger partial charge in [0.15, 0.2) is 5.82 Å². The summed E-state index contributed by atoms with van der Waals surface area (Å²) in [5.41, 5.74) is 7.29. The number of benzene rings is 2. The summed E-state index contributed by atoms with van der Waals surface area (Å²) in [5, 5.41) is 19.0. The molecular weight excluding hydrogens is 460 g/mol. The number of carbonyl (C=O) groups is 1. The molecule has 0 spiro atoms. The van der Waals surface area contributed by atoms with E-state index in [2.05, 4.69) is 59.9 Å². The van der Waals surface area contributed by atoms with Crippen molar-refractivity contribution in [3.8, 4) is 28.6 Å². The van der Waals surface area contributed by atoms with Crippen LogP contribution in [0, 0.1) is 23.2 Å². The highest BCUT2D eigenvalue weighted by molar-refractivity contribution is 5.70. The first-order valence-electron chi connectivity index (χ1n) is 13.3. The van der Waals surface area contributed by atoms with E-state index in [1.165, 1.54) is 11.1 Å². The Morgan fingerprint density at radius 2 is 1.95 bits per heavy atom. The Morgan fingerprint density at radius 3 is 2.62 bits per heavy atom. The number of piperidine rings is 1. The predicted octanol–water partition coefficient (Wildman–Crippen LogP) is 5.78. The smallest absolute Gasteiger partial charge is 0.307 e. The van der Waals surface area contributed by atoms with E-state index >= 15 is 0 Å². The lowest BCUT2D eigenvalue weighted by Crippen LogP contribution is -2.39. The molecule has 6 heteroatoms. The summed E-state index contributed by atoms with van der Waals surface area (Å²) in [6.07, 6.45) is 8.12. The van der Waals surface area contributed by atoms with Crippen LogP contribution in [0.4, 0.5) is 0 Å². The Morgan fingerprint density at radius 1 is 1.16 bits per heavy atom. The zero-order valence-electron chi connectivity index (χ0n) is 22.1. The summed E-state index contributed by atoms with van der Waals surface area (Å²) in [7, 11) is 0. The molecule has 6 nitrogen and oxygen atoms in total. The van der Waals surface area contributed by atoms with Crippen LogP contribution in [0.2, 0.25) is 0 Å². The van der Waals surface area contributed by atoms with Crippen molar-refractivity contribution in [2.45, 2.75) is 52.9 Å². The molecule has 1 atom stereocenters. The molecule has 4 rings (SSSR count). The van der Waals surface area contributed by atoms with E-state index in [1.54, 1.807) is 0 Å². The van der Waals surface area contributed by atoms with Crippen LogP contribution in [0.3, 0.4) is 0 Å². The number of aliphatic carboxylic acids is 1. The van der Waals surface area contributed by atoms with Gasteiger partial charge in [0, 0.05) is 36.6 Å². The van der Waals surface area contributed by atoms with Gasteiger partial charge in [0.25, 0.3) is 0 Å². The molecule has 1 aliphatic rings. The summed E-state index contributed by atoms with van der Waals surface area (Å²) >= 11 is 0. The van der Waals surface area contributed by atoms with Crippen LogP contribution < -0.4 is 0 Å². The fraction of sp³-hybridized carbons (Fsp3) is 0.419. The molecule has 37 heavy (non-hydrogen) atoms. The second kappa shape index (κ2) is 12.1. The van der Waals surface area contributed by atoms with Crippen molar-refractivity contribution in [1.82, 2.24) is 14.9 Å². The normalized spacial score (nSPS) is 16.0. The van der Waals surface area contributed by atoms with E-state index in [9.17, 15) is 15.2 Å². The third-order valence-corrected chi connectivity index (χ3v) is 7.26.